The number of hydrogen-bond donors (Lipinski definition) is 6. The molecule has 0 radical (unpaired) electrons. The smallest absolute Gasteiger partial charge is 0.488 e. The van der Waals surface area contributed by atoms with Gasteiger partial charge in [0.25, 0.3) is 0 Å². The van der Waals surface area contributed by atoms with Crippen LogP contribution < -0.4 is 56.7 Å². The van der Waals surface area contributed by atoms with Gasteiger partial charge in [0.2, 0.25) is 0 Å². The number of benzene rings is 4. The molecule has 0 aliphatic carbocycles. The molecule has 0 amide bonds. The van der Waals surface area contributed by atoms with E-state index in [1.54, 1.807) is 0 Å². The maximum Gasteiger partial charge on any atom is 1.00 e. The van der Waals surface area contributed by atoms with Gasteiger partial charge in [0.05, 0.1) is 47.9 Å². The molecule has 0 spiro atoms. The van der Waals surface area contributed by atoms with Crippen molar-refractivity contribution in [2.24, 2.45) is 17.7 Å². The largest absolute Gasteiger partial charge is 1.00 e. The molecule has 8 rings (SSSR count). The number of nitrogens with zero attached hydrogens (tertiary/aromatic N) is 1. The van der Waals surface area contributed by atoms with E-state index in [1.807, 2.05) is 68.2 Å². The minimum atomic E-state index is -0.318. The van der Waals surface area contributed by atoms with Crippen LogP contribution >= 0.6 is 35.6 Å². The number of fused-ring (bicyclic) bond motifs is 6. The molecule has 4 aromatic carbocycles. The molecule has 4 aromatic rings. The average molecular weight is 828 g/mol. The first-order valence-electron chi connectivity index (χ1n) is 18.0. The molecule has 4 aliphatic rings. The Balaban J connectivity index is 0.000000221. The van der Waals surface area contributed by atoms with Crippen LogP contribution in [0.15, 0.2) is 84.9 Å². The third kappa shape index (κ3) is 10.7. The van der Waals surface area contributed by atoms with E-state index in [4.69, 9.17) is 37.9 Å². The van der Waals surface area contributed by atoms with Gasteiger partial charge in [0.15, 0.2) is 0 Å². The van der Waals surface area contributed by atoms with Crippen LogP contribution in [0.25, 0.3) is 5.59 Å². The summed E-state index contributed by atoms with van der Waals surface area (Å²) in [5.41, 5.74) is 7.03. The van der Waals surface area contributed by atoms with E-state index in [2.05, 4.69) is 51.4 Å². The van der Waals surface area contributed by atoms with E-state index < -0.39 is 0 Å². The van der Waals surface area contributed by atoms with Gasteiger partial charge in [-0.1, -0.05) is 83.9 Å². The molecule has 55 heavy (non-hydrogen) atoms. The first-order chi connectivity index (χ1) is 25.8. The molecule has 2 fully saturated rings. The second-order valence-electron chi connectivity index (χ2n) is 13.8. The topological polar surface area (TPSA) is 127 Å². The summed E-state index contributed by atoms with van der Waals surface area (Å²) in [7, 11) is 3.85. The van der Waals surface area contributed by atoms with Crippen molar-refractivity contribution >= 4 is 47.0 Å². The number of nitrogens with two attached hydrogens (primary N) is 1. The Morgan fingerprint density at radius 3 is 1.42 bits per heavy atom. The van der Waals surface area contributed by atoms with Crippen LogP contribution in [0.5, 0.6) is 0 Å². The number of ether oxygens (including phenoxy) is 2. The summed E-state index contributed by atoms with van der Waals surface area (Å²) in [5.74, 6) is 3.89. The van der Waals surface area contributed by atoms with Crippen LogP contribution in [-0.4, -0.2) is 44.6 Å². The molecule has 9 nitrogen and oxygen atoms in total. The van der Waals surface area contributed by atoms with Crippen molar-refractivity contribution in [2.45, 2.75) is 62.2 Å². The molecule has 292 valence electrons. The van der Waals surface area contributed by atoms with Gasteiger partial charge in [-0.05, 0) is 75.2 Å². The average Bonchev–Trinajstić information content (AvgIpc) is 3.16. The Morgan fingerprint density at radius 1 is 0.709 bits per heavy atom. The minimum Gasteiger partial charge on any atom is -0.488 e. The predicted octanol–water partition coefficient (Wildman–Crippen LogP) is 6.45. The molecule has 7 N–H and O–H groups in total. The summed E-state index contributed by atoms with van der Waals surface area (Å²) in [6, 6.07) is 26.9. The zero-order valence-corrected chi connectivity index (χ0v) is 35.5. The summed E-state index contributed by atoms with van der Waals surface area (Å²) < 4.78 is 42.0. The van der Waals surface area contributed by atoms with Gasteiger partial charge in [-0.25, -0.2) is 8.78 Å². The van der Waals surface area contributed by atoms with Crippen molar-refractivity contribution in [3.8, 4) is 0 Å². The molecule has 0 unspecified atom stereocenters. The molecule has 4 heterocycles. The van der Waals surface area contributed by atoms with Crippen LogP contribution in [0.2, 0.25) is 10.0 Å². The summed E-state index contributed by atoms with van der Waals surface area (Å²) in [4.78, 5) is 0. The van der Waals surface area contributed by atoms with Crippen molar-refractivity contribution in [3.05, 3.63) is 134 Å². The van der Waals surface area contributed by atoms with Gasteiger partial charge in [0, 0.05) is 46.1 Å². The van der Waals surface area contributed by atoms with Gasteiger partial charge in [-0.3, -0.25) is 0 Å². The van der Waals surface area contributed by atoms with Gasteiger partial charge in [0.1, 0.15) is 11.6 Å². The summed E-state index contributed by atoms with van der Waals surface area (Å²) in [5, 5.41) is 21.0. The molecule has 8 atom stereocenters. The van der Waals surface area contributed by atoms with Crippen LogP contribution in [0.1, 0.15) is 72.2 Å². The van der Waals surface area contributed by atoms with E-state index in [9.17, 15) is 8.78 Å². The third-order valence-corrected chi connectivity index (χ3v) is 11.0. The normalized spacial score (nSPS) is 25.7. The number of rotatable bonds is 6. The number of halogens is 5. The van der Waals surface area contributed by atoms with Crippen molar-refractivity contribution in [1.29, 1.82) is 0 Å². The molecular weight excluding hydrogens is 780 g/mol. The van der Waals surface area contributed by atoms with Crippen molar-refractivity contribution < 1.29 is 53.0 Å². The second-order valence-corrected chi connectivity index (χ2v) is 14.7. The van der Waals surface area contributed by atoms with Gasteiger partial charge < -0.3 is 47.4 Å². The standard InChI is InChI=1S/2C20H22ClFN2O.ClH.H3N2O.Na/c2*1-23-11-14-7-8-15-18(12-5-3-2-4-6-12)24-19-16(20(15)25-14)9-13(21)10-17(19)22;;1-2-3;/h2*2-6,9-10,14-15,18,20,23-24H,7-8,11H2,1H3;1H;3H,1H2;/q;;;-1;+1/t2*14-,15+,18+,20+;;;/m11.../s1. The molecular formula is C40H48Cl3F2N6NaO3. The van der Waals surface area contributed by atoms with E-state index in [-0.39, 0.29) is 102 Å². The fourth-order valence-corrected chi connectivity index (χ4v) is 8.73. The fourth-order valence-electron chi connectivity index (χ4n) is 8.31. The van der Waals surface area contributed by atoms with Gasteiger partial charge >= 0.3 is 29.6 Å². The first-order valence-corrected chi connectivity index (χ1v) is 18.8. The maximum absolute atomic E-state index is 14.6. The Hall–Kier alpha value is -2.07. The molecule has 15 heteroatoms. The molecule has 2 saturated heterocycles. The number of anilines is 2. The van der Waals surface area contributed by atoms with Crippen molar-refractivity contribution in [2.75, 3.05) is 37.8 Å². The SMILES string of the molecule is CNC[C@H]1CC[C@@H]2[C@H](O1)c1cc(Cl)cc(F)c1N[C@H]2c1ccccc1.CNC[C@H]1CC[C@@H]2[C@H](O1)c1cc(Cl)cc(F)c1N[C@H]2c1ccccc1.Cl.N[N-]O.[Na+]. The maximum atomic E-state index is 14.6. The van der Waals surface area contributed by atoms with E-state index >= 15 is 0 Å². The first kappa shape index (κ1) is 45.6. The Bertz CT molecular complexity index is 1680. The second kappa shape index (κ2) is 21.6. The fraction of sp³-hybridized carbons (Fsp3) is 0.400. The molecule has 4 aliphatic heterocycles. The zero-order valence-electron chi connectivity index (χ0n) is 31.2. The summed E-state index contributed by atoms with van der Waals surface area (Å²) >= 11 is 12.3. The van der Waals surface area contributed by atoms with Gasteiger partial charge in [-0.15, -0.1) is 12.4 Å². The monoisotopic (exact) mass is 826 g/mol. The number of hydrogen-bond acceptors (Lipinski definition) is 8. The molecule has 0 bridgehead atoms. The van der Waals surface area contributed by atoms with E-state index in [0.717, 1.165) is 61.0 Å². The van der Waals surface area contributed by atoms with Crippen LogP contribution in [0.3, 0.4) is 0 Å². The summed E-state index contributed by atoms with van der Waals surface area (Å²) in [6.07, 6.45) is 4.00. The van der Waals surface area contributed by atoms with Crippen LogP contribution in [0, 0.1) is 23.5 Å². The van der Waals surface area contributed by atoms with E-state index in [1.165, 1.54) is 12.1 Å². The Kier molecular flexibility index (Phi) is 17.9. The van der Waals surface area contributed by atoms with E-state index in [0.29, 0.717) is 21.4 Å². The quantitative estimate of drug-likeness (QED) is 0.0745. The predicted molar refractivity (Wildman–Crippen MR) is 214 cm³/mol. The Labute approximate surface area is 360 Å². The van der Waals surface area contributed by atoms with Gasteiger partial charge in [-0.2, -0.15) is 0 Å². The van der Waals surface area contributed by atoms with Crippen molar-refractivity contribution in [3.63, 3.8) is 0 Å². The van der Waals surface area contributed by atoms with Crippen LogP contribution in [0.4, 0.5) is 20.2 Å². The summed E-state index contributed by atoms with van der Waals surface area (Å²) in [6.45, 7) is 1.59. The zero-order chi connectivity index (χ0) is 37.5. The number of likely N-dealkylation sites (N-methyl/N-ethyl adjacent to an activating group) is 2. The Morgan fingerprint density at radius 2 is 1.07 bits per heavy atom. The molecule has 0 saturated carbocycles. The number of nitrogens with one attached hydrogen (secondary N) is 4. The third-order valence-electron chi connectivity index (χ3n) is 10.5. The van der Waals surface area contributed by atoms with Crippen molar-refractivity contribution in [1.82, 2.24) is 10.6 Å². The van der Waals surface area contributed by atoms with Crippen LogP contribution in [-0.2, 0) is 9.47 Å². The molecule has 0 aromatic heterocycles. The minimum absolute atomic E-state index is 0.